The maximum absolute atomic E-state index is 13.2. The summed E-state index contributed by atoms with van der Waals surface area (Å²) >= 11 is 1.17. The van der Waals surface area contributed by atoms with Gasteiger partial charge in [0.15, 0.2) is 6.10 Å². The normalized spacial score (nSPS) is 11.7. The molecule has 9 heteroatoms. The largest absolute Gasteiger partial charge is 0.452 e. The van der Waals surface area contributed by atoms with Crippen LogP contribution in [0.2, 0.25) is 0 Å². The summed E-state index contributed by atoms with van der Waals surface area (Å²) in [5, 5.41) is 1.43. The first-order valence-electron chi connectivity index (χ1n) is 8.18. The molecule has 0 aliphatic heterocycles. The van der Waals surface area contributed by atoms with Gasteiger partial charge in [0.25, 0.3) is 5.91 Å². The van der Waals surface area contributed by atoms with E-state index in [4.69, 9.17) is 10.5 Å². The molecule has 148 valence electrons. The van der Waals surface area contributed by atoms with Crippen LogP contribution in [0.15, 0.2) is 48.5 Å². The number of thioether (sulfide) groups is 1. The highest BCUT2D eigenvalue weighted by molar-refractivity contribution is 8.00. The fraction of sp³-hybridized carbons (Fsp3) is 0.211. The highest BCUT2D eigenvalue weighted by Gasteiger charge is 2.21. The third-order valence-corrected chi connectivity index (χ3v) is 4.92. The van der Waals surface area contributed by atoms with Gasteiger partial charge in [-0.3, -0.25) is 14.9 Å². The fourth-order valence-electron chi connectivity index (χ4n) is 2.32. The van der Waals surface area contributed by atoms with Gasteiger partial charge in [0, 0.05) is 0 Å². The second-order valence-electron chi connectivity index (χ2n) is 5.78. The zero-order valence-electron chi connectivity index (χ0n) is 14.9. The number of halogens is 2. The van der Waals surface area contributed by atoms with Crippen LogP contribution in [0.1, 0.15) is 23.3 Å². The Morgan fingerprint density at radius 3 is 1.89 bits per heavy atom. The number of hydrogen-bond donors (Lipinski definition) is 2. The molecule has 0 radical (unpaired) electrons. The Kier molecular flexibility index (Phi) is 7.51. The Bertz CT molecular complexity index is 799. The number of urea groups is 1. The molecule has 0 saturated heterocycles. The lowest BCUT2D eigenvalue weighted by atomic mass is 10.0. The van der Waals surface area contributed by atoms with Crippen LogP contribution in [0.25, 0.3) is 0 Å². The van der Waals surface area contributed by atoms with Gasteiger partial charge in [0.2, 0.25) is 0 Å². The van der Waals surface area contributed by atoms with Crippen LogP contribution in [-0.2, 0) is 14.3 Å². The molecule has 2 aromatic rings. The van der Waals surface area contributed by atoms with Crippen LogP contribution in [0.4, 0.5) is 13.6 Å². The van der Waals surface area contributed by atoms with E-state index < -0.39 is 35.6 Å². The van der Waals surface area contributed by atoms with E-state index in [0.29, 0.717) is 11.1 Å². The molecule has 0 heterocycles. The maximum atomic E-state index is 13.2. The molecule has 0 bridgehead atoms. The molecular formula is C19H18F2N2O4S. The van der Waals surface area contributed by atoms with Gasteiger partial charge in [-0.1, -0.05) is 24.3 Å². The predicted molar refractivity (Wildman–Crippen MR) is 100 cm³/mol. The Hall–Kier alpha value is -2.94. The van der Waals surface area contributed by atoms with Crippen molar-refractivity contribution < 1.29 is 27.9 Å². The molecule has 0 aliphatic rings. The standard InChI is InChI=1S/C19H18F2N2O4S/c1-11(18(25)23-19(22)26)27-16(24)10-28-17(12-2-6-14(20)7-3-12)13-4-8-15(21)9-5-13/h2-9,11,17H,10H2,1H3,(H3,22,23,25,26)/t11-/m0/s1. The highest BCUT2D eigenvalue weighted by Crippen LogP contribution is 2.35. The first-order valence-corrected chi connectivity index (χ1v) is 9.23. The second kappa shape index (κ2) is 9.84. The van der Waals surface area contributed by atoms with Crippen molar-refractivity contribution in [3.63, 3.8) is 0 Å². The van der Waals surface area contributed by atoms with E-state index in [1.54, 1.807) is 24.3 Å². The Labute approximate surface area is 164 Å². The Morgan fingerprint density at radius 2 is 1.46 bits per heavy atom. The summed E-state index contributed by atoms with van der Waals surface area (Å²) in [4.78, 5) is 34.3. The van der Waals surface area contributed by atoms with Crippen molar-refractivity contribution in [3.8, 4) is 0 Å². The number of esters is 1. The van der Waals surface area contributed by atoms with Crippen molar-refractivity contribution in [2.24, 2.45) is 5.73 Å². The summed E-state index contributed by atoms with van der Waals surface area (Å²) in [7, 11) is 0. The topological polar surface area (TPSA) is 98.5 Å². The van der Waals surface area contributed by atoms with Crippen molar-refractivity contribution in [2.45, 2.75) is 18.3 Å². The zero-order valence-corrected chi connectivity index (χ0v) is 15.7. The molecule has 6 nitrogen and oxygen atoms in total. The molecule has 2 aromatic carbocycles. The van der Waals surface area contributed by atoms with Gasteiger partial charge in [-0.15, -0.1) is 11.8 Å². The minimum Gasteiger partial charge on any atom is -0.452 e. The quantitative estimate of drug-likeness (QED) is 0.687. The van der Waals surface area contributed by atoms with Crippen molar-refractivity contribution in [1.29, 1.82) is 0 Å². The Balaban J connectivity index is 2.07. The number of rotatable bonds is 7. The van der Waals surface area contributed by atoms with E-state index in [9.17, 15) is 23.2 Å². The number of primary amides is 1. The molecule has 3 N–H and O–H groups in total. The van der Waals surface area contributed by atoms with Crippen molar-refractivity contribution in [1.82, 2.24) is 5.32 Å². The molecule has 28 heavy (non-hydrogen) atoms. The van der Waals surface area contributed by atoms with E-state index in [-0.39, 0.29) is 11.0 Å². The number of carbonyl (C=O) groups is 3. The van der Waals surface area contributed by atoms with Gasteiger partial charge in [0.05, 0.1) is 11.0 Å². The first-order chi connectivity index (χ1) is 13.3. The van der Waals surface area contributed by atoms with Crippen LogP contribution < -0.4 is 11.1 Å². The molecule has 3 amide bonds. The summed E-state index contributed by atoms with van der Waals surface area (Å²) in [6.07, 6.45) is -1.20. The number of carbonyl (C=O) groups excluding carboxylic acids is 3. The summed E-state index contributed by atoms with van der Waals surface area (Å²) in [5.41, 5.74) is 6.27. The van der Waals surface area contributed by atoms with E-state index >= 15 is 0 Å². The highest BCUT2D eigenvalue weighted by atomic mass is 32.2. The van der Waals surface area contributed by atoms with Gasteiger partial charge in [-0.2, -0.15) is 0 Å². The van der Waals surface area contributed by atoms with Gasteiger partial charge in [-0.05, 0) is 42.3 Å². The minimum atomic E-state index is -1.20. The molecule has 0 spiro atoms. The summed E-state index contributed by atoms with van der Waals surface area (Å²) in [6.45, 7) is 1.30. The molecule has 0 unspecified atom stereocenters. The third kappa shape index (κ3) is 6.34. The minimum absolute atomic E-state index is 0.131. The molecule has 0 aromatic heterocycles. The lowest BCUT2D eigenvalue weighted by molar-refractivity contribution is -0.151. The lowest BCUT2D eigenvalue weighted by Crippen LogP contribution is -2.42. The average Bonchev–Trinajstić information content (AvgIpc) is 2.64. The summed E-state index contributed by atoms with van der Waals surface area (Å²) in [6, 6.07) is 10.4. The van der Waals surface area contributed by atoms with E-state index in [2.05, 4.69) is 0 Å². The number of ether oxygens (including phenoxy) is 1. The number of hydrogen-bond acceptors (Lipinski definition) is 5. The fourth-order valence-corrected chi connectivity index (χ4v) is 3.39. The molecule has 0 aliphatic carbocycles. The number of imide groups is 1. The van der Waals surface area contributed by atoms with Crippen LogP contribution in [0.3, 0.4) is 0 Å². The number of benzene rings is 2. The van der Waals surface area contributed by atoms with E-state index in [1.165, 1.54) is 43.0 Å². The second-order valence-corrected chi connectivity index (χ2v) is 6.87. The number of nitrogens with two attached hydrogens (primary N) is 1. The molecule has 0 saturated carbocycles. The summed E-state index contributed by atoms with van der Waals surface area (Å²) in [5.74, 6) is -2.46. The molecule has 2 rings (SSSR count). The lowest BCUT2D eigenvalue weighted by Gasteiger charge is -2.18. The molecule has 1 atom stereocenters. The van der Waals surface area contributed by atoms with Crippen LogP contribution in [0.5, 0.6) is 0 Å². The first kappa shape index (κ1) is 21.4. The van der Waals surface area contributed by atoms with Crippen LogP contribution >= 0.6 is 11.8 Å². The van der Waals surface area contributed by atoms with Gasteiger partial charge >= 0.3 is 12.0 Å². The van der Waals surface area contributed by atoms with Gasteiger partial charge in [0.1, 0.15) is 11.6 Å². The van der Waals surface area contributed by atoms with Crippen LogP contribution in [-0.4, -0.2) is 29.8 Å². The monoisotopic (exact) mass is 408 g/mol. The maximum Gasteiger partial charge on any atom is 0.318 e. The van der Waals surface area contributed by atoms with Crippen LogP contribution in [0, 0.1) is 11.6 Å². The Morgan fingerprint density at radius 1 is 1.00 bits per heavy atom. The predicted octanol–water partition coefficient (Wildman–Crippen LogP) is 2.91. The summed E-state index contributed by atoms with van der Waals surface area (Å²) < 4.78 is 31.4. The van der Waals surface area contributed by atoms with Gasteiger partial charge < -0.3 is 10.5 Å². The zero-order chi connectivity index (χ0) is 20.7. The number of amides is 3. The van der Waals surface area contributed by atoms with Crippen molar-refractivity contribution in [2.75, 3.05) is 5.75 Å². The van der Waals surface area contributed by atoms with Crippen molar-refractivity contribution in [3.05, 3.63) is 71.3 Å². The average molecular weight is 408 g/mol. The van der Waals surface area contributed by atoms with E-state index in [0.717, 1.165) is 0 Å². The molecule has 0 fully saturated rings. The molecular weight excluding hydrogens is 390 g/mol. The third-order valence-electron chi connectivity index (χ3n) is 3.64. The van der Waals surface area contributed by atoms with E-state index in [1.807, 2.05) is 5.32 Å². The number of nitrogens with one attached hydrogen (secondary N) is 1. The SMILES string of the molecule is C[C@H](OC(=O)CSC(c1ccc(F)cc1)c1ccc(F)cc1)C(=O)NC(N)=O. The van der Waals surface area contributed by atoms with Crippen molar-refractivity contribution >= 4 is 29.7 Å². The van der Waals surface area contributed by atoms with Gasteiger partial charge in [-0.25, -0.2) is 13.6 Å². The smallest absolute Gasteiger partial charge is 0.318 e.